The maximum Gasteiger partial charge on any atom is 0.0787 e. The van der Waals surface area contributed by atoms with Crippen LogP contribution in [0.2, 0.25) is 0 Å². The van der Waals surface area contributed by atoms with Crippen LogP contribution in [0.3, 0.4) is 0 Å². The topological polar surface area (TPSA) is 48.8 Å². The highest BCUT2D eigenvalue weighted by atomic mass is 15.0. The summed E-state index contributed by atoms with van der Waals surface area (Å²) in [6.07, 6.45) is 4.18. The van der Waals surface area contributed by atoms with Gasteiger partial charge in [0.1, 0.15) is 0 Å². The smallest absolute Gasteiger partial charge is 0.0787 e. The molecule has 0 saturated heterocycles. The Morgan fingerprint density at radius 1 is 0.481 bits per heavy atom. The molecule has 254 valence electrons. The van der Waals surface area contributed by atoms with Gasteiger partial charge in [0.2, 0.25) is 0 Å². The summed E-state index contributed by atoms with van der Waals surface area (Å²) in [4.78, 5) is 4.74. The molecular formula is C50H34N4. The van der Waals surface area contributed by atoms with Crippen LogP contribution in [0.15, 0.2) is 182 Å². The zero-order valence-corrected chi connectivity index (χ0v) is 29.4. The van der Waals surface area contributed by atoms with Gasteiger partial charge in [-0.2, -0.15) is 0 Å². The van der Waals surface area contributed by atoms with E-state index in [-0.39, 0.29) is 0 Å². The summed E-state index contributed by atoms with van der Waals surface area (Å²) in [5, 5.41) is 4.98. The van der Waals surface area contributed by atoms with Crippen LogP contribution in [0.4, 0.5) is 5.69 Å². The summed E-state index contributed by atoms with van der Waals surface area (Å²) in [5.41, 5.74) is 23.6. The fourth-order valence-electron chi connectivity index (χ4n) is 8.75. The van der Waals surface area contributed by atoms with Crippen LogP contribution in [0.5, 0.6) is 0 Å². The van der Waals surface area contributed by atoms with Gasteiger partial charge in [-0.25, -0.2) is 0 Å². The number of hydrogen-bond donors (Lipinski definition) is 1. The molecule has 0 spiro atoms. The Labute approximate surface area is 312 Å². The van der Waals surface area contributed by atoms with Crippen molar-refractivity contribution in [3.8, 4) is 39.2 Å². The molecule has 0 fully saturated rings. The molecule has 2 N–H and O–H groups in total. The van der Waals surface area contributed by atoms with Gasteiger partial charge in [-0.05, 0) is 88.5 Å². The Bertz CT molecular complexity index is 3140. The molecule has 1 aliphatic carbocycles. The lowest BCUT2D eigenvalue weighted by Crippen LogP contribution is -1.97. The number of fused-ring (bicyclic) bond motifs is 9. The number of aromatic nitrogens is 3. The monoisotopic (exact) mass is 690 g/mol. The molecule has 11 rings (SSSR count). The van der Waals surface area contributed by atoms with Crippen molar-refractivity contribution in [3.63, 3.8) is 0 Å². The Kier molecular flexibility index (Phi) is 6.73. The van der Waals surface area contributed by atoms with Crippen LogP contribution in [0, 0.1) is 0 Å². The highest BCUT2D eigenvalue weighted by Gasteiger charge is 2.26. The number of para-hydroxylation sites is 2. The number of benzene rings is 7. The van der Waals surface area contributed by atoms with E-state index < -0.39 is 0 Å². The van der Waals surface area contributed by atoms with E-state index in [4.69, 9.17) is 10.7 Å². The van der Waals surface area contributed by atoms with Crippen molar-refractivity contribution in [2.45, 2.75) is 6.54 Å². The van der Waals surface area contributed by atoms with Gasteiger partial charge in [0.15, 0.2) is 0 Å². The lowest BCUT2D eigenvalue weighted by Gasteiger charge is -2.11. The zero-order valence-electron chi connectivity index (χ0n) is 29.4. The minimum atomic E-state index is 0.706. The quantitative estimate of drug-likeness (QED) is 0.183. The molecule has 0 aliphatic heterocycles. The normalized spacial score (nSPS) is 13.0. The summed E-state index contributed by atoms with van der Waals surface area (Å²) < 4.78 is 4.83. The van der Waals surface area contributed by atoms with Crippen LogP contribution >= 0.6 is 0 Å². The number of allylic oxidation sites excluding steroid dienone is 1. The average Bonchev–Trinajstić information content (AvgIpc) is 3.86. The SMILES string of the molecule is Nc1cccc2c1/C(=C\Cn1c3ccccc3c3cc(-c4ccc5c(c4)c4ccccc4n5-c4cccc(-c5ccccc5)c4)ccc31)c1cccnc1-2. The average molecular weight is 691 g/mol. The first-order valence-corrected chi connectivity index (χ1v) is 18.5. The van der Waals surface area contributed by atoms with E-state index in [1.165, 1.54) is 65.9 Å². The molecule has 0 radical (unpaired) electrons. The molecule has 0 unspecified atom stereocenters. The lowest BCUT2D eigenvalue weighted by molar-refractivity contribution is 0.900. The molecule has 0 amide bonds. The summed E-state index contributed by atoms with van der Waals surface area (Å²) in [7, 11) is 0. The third kappa shape index (κ3) is 4.60. The molecular weight excluding hydrogens is 657 g/mol. The van der Waals surface area contributed by atoms with Gasteiger partial charge in [-0.3, -0.25) is 4.98 Å². The minimum Gasteiger partial charge on any atom is -0.398 e. The molecule has 0 saturated carbocycles. The van der Waals surface area contributed by atoms with Crippen molar-refractivity contribution < 1.29 is 0 Å². The maximum absolute atomic E-state index is 6.59. The molecule has 7 aromatic carbocycles. The fraction of sp³-hybridized carbons (Fsp3) is 0.0200. The van der Waals surface area contributed by atoms with E-state index >= 15 is 0 Å². The fourth-order valence-corrected chi connectivity index (χ4v) is 8.75. The molecule has 4 heteroatoms. The first-order chi connectivity index (χ1) is 26.7. The minimum absolute atomic E-state index is 0.706. The van der Waals surface area contributed by atoms with E-state index in [0.29, 0.717) is 6.54 Å². The standard InChI is InChI=1S/C50H34N4/c51-44-19-9-17-41-49(44)39(40-18-10-27-52-50(40)41)26-28-53-45-20-6-4-15-37(45)42-30-34(22-24-46(42)53)35-23-25-48-43(31-35)38-16-5-7-21-47(38)54(48)36-14-8-13-33(29-36)32-11-2-1-3-12-32/h1-27,29-31H,28,51H2/b39-26-. The van der Waals surface area contributed by atoms with Crippen LogP contribution in [0.1, 0.15) is 11.1 Å². The van der Waals surface area contributed by atoms with Gasteiger partial charge in [0.25, 0.3) is 0 Å². The van der Waals surface area contributed by atoms with Crippen molar-refractivity contribution in [2.75, 3.05) is 5.73 Å². The third-order valence-electron chi connectivity index (χ3n) is 11.2. The second kappa shape index (κ2) is 11.9. The van der Waals surface area contributed by atoms with Crippen LogP contribution in [-0.2, 0) is 6.54 Å². The predicted molar refractivity (Wildman–Crippen MR) is 226 cm³/mol. The number of nitrogen functional groups attached to an aromatic ring is 1. The second-order valence-electron chi connectivity index (χ2n) is 14.1. The Morgan fingerprint density at radius 3 is 1.93 bits per heavy atom. The number of nitrogens with two attached hydrogens (primary N) is 1. The molecule has 10 aromatic rings. The Morgan fingerprint density at radius 2 is 1.09 bits per heavy atom. The van der Waals surface area contributed by atoms with E-state index in [9.17, 15) is 0 Å². The molecule has 54 heavy (non-hydrogen) atoms. The van der Waals surface area contributed by atoms with Gasteiger partial charge >= 0.3 is 0 Å². The molecule has 1 aliphatic rings. The summed E-state index contributed by atoms with van der Waals surface area (Å²) in [6, 6.07) is 61.1. The van der Waals surface area contributed by atoms with E-state index in [0.717, 1.165) is 39.3 Å². The molecule has 4 nitrogen and oxygen atoms in total. The van der Waals surface area contributed by atoms with Crippen molar-refractivity contribution >= 4 is 54.9 Å². The summed E-state index contributed by atoms with van der Waals surface area (Å²) in [5.74, 6) is 0. The van der Waals surface area contributed by atoms with Gasteiger partial charge < -0.3 is 14.9 Å². The largest absolute Gasteiger partial charge is 0.398 e. The number of pyridine rings is 1. The maximum atomic E-state index is 6.59. The lowest BCUT2D eigenvalue weighted by atomic mass is 10.0. The van der Waals surface area contributed by atoms with Crippen molar-refractivity contribution in [3.05, 3.63) is 193 Å². The van der Waals surface area contributed by atoms with Gasteiger partial charge in [0, 0.05) is 73.4 Å². The predicted octanol–water partition coefficient (Wildman–Crippen LogP) is 12.3. The summed E-state index contributed by atoms with van der Waals surface area (Å²) >= 11 is 0. The van der Waals surface area contributed by atoms with Crippen molar-refractivity contribution in [1.29, 1.82) is 0 Å². The Hall–Kier alpha value is -7.17. The van der Waals surface area contributed by atoms with Gasteiger partial charge in [-0.1, -0.05) is 115 Å². The first kappa shape index (κ1) is 30.5. The molecule has 0 bridgehead atoms. The van der Waals surface area contributed by atoms with E-state index in [2.05, 4.69) is 167 Å². The molecule has 3 heterocycles. The number of rotatable bonds is 5. The third-order valence-corrected chi connectivity index (χ3v) is 11.2. The highest BCUT2D eigenvalue weighted by Crippen LogP contribution is 2.46. The van der Waals surface area contributed by atoms with Gasteiger partial charge in [-0.15, -0.1) is 0 Å². The first-order valence-electron chi connectivity index (χ1n) is 18.5. The van der Waals surface area contributed by atoms with Crippen molar-refractivity contribution in [1.82, 2.24) is 14.1 Å². The van der Waals surface area contributed by atoms with E-state index in [1.807, 2.05) is 24.4 Å². The molecule has 3 aromatic heterocycles. The van der Waals surface area contributed by atoms with Crippen molar-refractivity contribution in [2.24, 2.45) is 0 Å². The van der Waals surface area contributed by atoms with Crippen LogP contribution in [0.25, 0.3) is 88.4 Å². The number of nitrogens with zero attached hydrogens (tertiary/aromatic N) is 3. The van der Waals surface area contributed by atoms with Gasteiger partial charge in [0.05, 0.1) is 16.7 Å². The zero-order chi connectivity index (χ0) is 35.8. The second-order valence-corrected chi connectivity index (χ2v) is 14.1. The highest BCUT2D eigenvalue weighted by molar-refractivity contribution is 6.12. The Balaban J connectivity index is 1.03. The van der Waals surface area contributed by atoms with Crippen LogP contribution < -0.4 is 5.73 Å². The van der Waals surface area contributed by atoms with E-state index in [1.54, 1.807) is 0 Å². The summed E-state index contributed by atoms with van der Waals surface area (Å²) in [6.45, 7) is 0.706. The molecule has 0 atom stereocenters. The van der Waals surface area contributed by atoms with Crippen LogP contribution in [-0.4, -0.2) is 14.1 Å². The number of anilines is 1. The number of hydrogen-bond acceptors (Lipinski definition) is 2.